The molecule has 2 aromatic rings. The van der Waals surface area contributed by atoms with Crippen LogP contribution in [-0.2, 0) is 6.42 Å². The largest absolute Gasteiger partial charge is 0.376 e. The lowest BCUT2D eigenvalue weighted by atomic mass is 9.74. The van der Waals surface area contributed by atoms with Crippen LogP contribution in [0.3, 0.4) is 0 Å². The highest BCUT2D eigenvalue weighted by Crippen LogP contribution is 2.47. The molecule has 112 valence electrons. The second-order valence-corrected chi connectivity index (χ2v) is 7.47. The molecular formula is C16H21N3OS. The molecule has 4 nitrogen and oxygen atoms in total. The van der Waals surface area contributed by atoms with Crippen molar-refractivity contribution in [1.82, 2.24) is 10.2 Å². The number of carbonyl (C=O) groups excluding carboxylic acids is 1. The number of nitrogens with one attached hydrogen (secondary N) is 2. The van der Waals surface area contributed by atoms with Crippen LogP contribution < -0.4 is 5.32 Å². The predicted octanol–water partition coefficient (Wildman–Crippen LogP) is 4.12. The minimum atomic E-state index is 0.0297. The summed E-state index contributed by atoms with van der Waals surface area (Å²) in [6.07, 6.45) is 4.37. The second-order valence-electron chi connectivity index (χ2n) is 6.45. The summed E-state index contributed by atoms with van der Waals surface area (Å²) >= 11 is 1.67. The van der Waals surface area contributed by atoms with Crippen LogP contribution in [-0.4, -0.2) is 22.5 Å². The third-order valence-corrected chi connectivity index (χ3v) is 5.08. The van der Waals surface area contributed by atoms with Crippen molar-refractivity contribution in [3.63, 3.8) is 0 Å². The van der Waals surface area contributed by atoms with Crippen LogP contribution in [0.15, 0.2) is 12.3 Å². The molecule has 0 bridgehead atoms. The highest BCUT2D eigenvalue weighted by Gasteiger charge is 2.36. The summed E-state index contributed by atoms with van der Waals surface area (Å²) in [6, 6.07) is 1.97. The monoisotopic (exact) mass is 303 g/mol. The van der Waals surface area contributed by atoms with Gasteiger partial charge in [-0.15, -0.1) is 11.3 Å². The summed E-state index contributed by atoms with van der Waals surface area (Å²) in [5.74, 6) is 0.266. The number of rotatable bonds is 4. The van der Waals surface area contributed by atoms with Gasteiger partial charge in [0.1, 0.15) is 5.00 Å². The fourth-order valence-corrected chi connectivity index (χ4v) is 4.19. The quantitative estimate of drug-likeness (QED) is 0.893. The smallest absolute Gasteiger partial charge is 0.166 e. The Morgan fingerprint density at radius 1 is 1.43 bits per heavy atom. The number of nitrogens with zero attached hydrogens (tertiary/aromatic N) is 1. The van der Waals surface area contributed by atoms with Crippen molar-refractivity contribution in [3.05, 3.63) is 23.4 Å². The molecule has 0 amide bonds. The summed E-state index contributed by atoms with van der Waals surface area (Å²) < 4.78 is 0. The van der Waals surface area contributed by atoms with Crippen molar-refractivity contribution >= 4 is 22.1 Å². The van der Waals surface area contributed by atoms with E-state index in [1.807, 2.05) is 6.07 Å². The Hall–Kier alpha value is -1.62. The van der Waals surface area contributed by atoms with Crippen molar-refractivity contribution in [2.45, 2.75) is 40.0 Å². The number of fused-ring (bicyclic) bond motifs is 1. The molecule has 0 saturated heterocycles. The molecule has 21 heavy (non-hydrogen) atoms. The zero-order valence-electron chi connectivity index (χ0n) is 12.7. The van der Waals surface area contributed by atoms with Gasteiger partial charge >= 0.3 is 0 Å². The normalized spacial score (nSPS) is 16.8. The third-order valence-electron chi connectivity index (χ3n) is 3.86. The van der Waals surface area contributed by atoms with Crippen LogP contribution in [0.1, 0.15) is 49.5 Å². The van der Waals surface area contributed by atoms with Gasteiger partial charge in [0.15, 0.2) is 5.78 Å². The first-order valence-corrected chi connectivity index (χ1v) is 8.26. The van der Waals surface area contributed by atoms with Crippen LogP contribution >= 0.6 is 11.3 Å². The summed E-state index contributed by atoms with van der Waals surface area (Å²) in [6.45, 7) is 7.36. The number of aromatic nitrogens is 2. The Labute approximate surface area is 129 Å². The Morgan fingerprint density at radius 3 is 2.90 bits per heavy atom. The molecule has 2 aromatic heterocycles. The first kappa shape index (κ1) is 14.3. The van der Waals surface area contributed by atoms with E-state index in [0.29, 0.717) is 6.42 Å². The number of aromatic amines is 1. The van der Waals surface area contributed by atoms with Gasteiger partial charge in [0.2, 0.25) is 0 Å². The van der Waals surface area contributed by atoms with E-state index < -0.39 is 0 Å². The summed E-state index contributed by atoms with van der Waals surface area (Å²) in [7, 11) is 0. The molecule has 2 heterocycles. The Morgan fingerprint density at radius 2 is 2.24 bits per heavy atom. The zero-order chi connectivity index (χ0) is 15.0. The highest BCUT2D eigenvalue weighted by molar-refractivity contribution is 7.20. The van der Waals surface area contributed by atoms with Crippen LogP contribution in [0.4, 0.5) is 5.00 Å². The number of hydrogen-bond acceptors (Lipinski definition) is 4. The van der Waals surface area contributed by atoms with E-state index in [0.717, 1.165) is 40.5 Å². The average Bonchev–Trinajstić information content (AvgIpc) is 3.01. The van der Waals surface area contributed by atoms with Crippen molar-refractivity contribution in [3.8, 4) is 10.6 Å². The van der Waals surface area contributed by atoms with Gasteiger partial charge in [-0.05, 0) is 29.9 Å². The molecular weight excluding hydrogens is 282 g/mol. The van der Waals surface area contributed by atoms with E-state index in [-0.39, 0.29) is 11.2 Å². The molecule has 0 radical (unpaired) electrons. The van der Waals surface area contributed by atoms with Crippen LogP contribution in [0.2, 0.25) is 0 Å². The third kappa shape index (κ3) is 2.62. The average molecular weight is 303 g/mol. The fourth-order valence-electron chi connectivity index (χ4n) is 2.96. The first-order chi connectivity index (χ1) is 10.0. The van der Waals surface area contributed by atoms with Crippen molar-refractivity contribution in [1.29, 1.82) is 0 Å². The van der Waals surface area contributed by atoms with Gasteiger partial charge in [0, 0.05) is 19.2 Å². The number of Topliss-reactive ketones (excluding diaryl/α,β-unsaturated/α-hetero) is 1. The Balaban J connectivity index is 2.12. The van der Waals surface area contributed by atoms with E-state index in [1.54, 1.807) is 17.5 Å². The van der Waals surface area contributed by atoms with Gasteiger partial charge in [-0.3, -0.25) is 9.89 Å². The number of thiophene rings is 1. The Bertz CT molecular complexity index is 655. The lowest BCUT2D eigenvalue weighted by Gasteiger charge is -2.29. The molecule has 0 aliphatic heterocycles. The molecule has 0 atom stereocenters. The van der Waals surface area contributed by atoms with Gasteiger partial charge in [0.25, 0.3) is 0 Å². The lowest BCUT2D eigenvalue weighted by Crippen LogP contribution is -2.26. The molecule has 3 rings (SSSR count). The minimum absolute atomic E-state index is 0.0297. The van der Waals surface area contributed by atoms with Gasteiger partial charge in [-0.25, -0.2) is 0 Å². The molecule has 0 unspecified atom stereocenters. The number of H-pyrrole nitrogens is 1. The molecule has 5 heteroatoms. The van der Waals surface area contributed by atoms with E-state index >= 15 is 0 Å². The van der Waals surface area contributed by atoms with Gasteiger partial charge in [-0.1, -0.05) is 20.8 Å². The van der Waals surface area contributed by atoms with Crippen molar-refractivity contribution < 1.29 is 4.79 Å². The van der Waals surface area contributed by atoms with Crippen molar-refractivity contribution in [2.75, 3.05) is 11.9 Å². The van der Waals surface area contributed by atoms with Crippen LogP contribution in [0.25, 0.3) is 10.6 Å². The maximum Gasteiger partial charge on any atom is 0.166 e. The minimum Gasteiger partial charge on any atom is -0.376 e. The fraction of sp³-hybridized carbons (Fsp3) is 0.500. The zero-order valence-corrected chi connectivity index (χ0v) is 13.6. The highest BCUT2D eigenvalue weighted by atomic mass is 32.1. The number of ketones is 1. The SMILES string of the molecule is CCCNc1sc(-c2ccn[nH]2)c2c1C(=O)CC(C)(C)C2. The van der Waals surface area contributed by atoms with E-state index in [2.05, 4.69) is 36.3 Å². The van der Waals surface area contributed by atoms with Crippen molar-refractivity contribution in [2.24, 2.45) is 5.41 Å². The topological polar surface area (TPSA) is 57.8 Å². The molecule has 2 N–H and O–H groups in total. The first-order valence-electron chi connectivity index (χ1n) is 7.44. The maximum absolute atomic E-state index is 12.6. The van der Waals surface area contributed by atoms with E-state index in [4.69, 9.17) is 0 Å². The lowest BCUT2D eigenvalue weighted by molar-refractivity contribution is 0.0914. The van der Waals surface area contributed by atoms with Gasteiger partial charge in [-0.2, -0.15) is 5.10 Å². The molecule has 1 aliphatic rings. The van der Waals surface area contributed by atoms with Crippen LogP contribution in [0, 0.1) is 5.41 Å². The molecule has 1 aliphatic carbocycles. The summed E-state index contributed by atoms with van der Waals surface area (Å²) in [5, 5.41) is 11.5. The molecule has 0 saturated carbocycles. The van der Waals surface area contributed by atoms with E-state index in [1.165, 1.54) is 5.56 Å². The second kappa shape index (κ2) is 5.30. The summed E-state index contributed by atoms with van der Waals surface area (Å²) in [5.41, 5.74) is 3.13. The number of anilines is 1. The standard InChI is InChI=1S/C16H21N3OS/c1-4-6-17-15-13-10(8-16(2,3)9-12(13)20)14(21-15)11-5-7-18-19-11/h5,7,17H,4,6,8-9H2,1-3H3,(H,18,19). The number of hydrogen-bond donors (Lipinski definition) is 2. The maximum atomic E-state index is 12.6. The van der Waals surface area contributed by atoms with Gasteiger partial charge in [0.05, 0.1) is 16.1 Å². The molecule has 0 spiro atoms. The van der Waals surface area contributed by atoms with Gasteiger partial charge < -0.3 is 5.32 Å². The Kier molecular flexibility index (Phi) is 3.61. The summed E-state index contributed by atoms with van der Waals surface area (Å²) in [4.78, 5) is 13.8. The molecule has 0 fully saturated rings. The number of carbonyl (C=O) groups is 1. The molecule has 0 aromatic carbocycles. The van der Waals surface area contributed by atoms with Crippen LogP contribution in [0.5, 0.6) is 0 Å². The predicted molar refractivity (Wildman–Crippen MR) is 87.1 cm³/mol. The van der Waals surface area contributed by atoms with E-state index in [9.17, 15) is 4.79 Å².